The van der Waals surface area contributed by atoms with E-state index in [-0.39, 0.29) is 22.8 Å². The van der Waals surface area contributed by atoms with E-state index in [0.717, 1.165) is 61.8 Å². The maximum atomic E-state index is 13.7. The molecule has 0 unspecified atom stereocenters. The van der Waals surface area contributed by atoms with Crippen molar-refractivity contribution in [2.45, 2.75) is 89.8 Å². The summed E-state index contributed by atoms with van der Waals surface area (Å²) < 4.78 is 104. The number of ether oxygens (including phenoxy) is 4. The van der Waals surface area contributed by atoms with E-state index >= 15 is 0 Å². The number of rotatable bonds is 8. The van der Waals surface area contributed by atoms with E-state index in [0.29, 0.717) is 23.5 Å². The lowest BCUT2D eigenvalue weighted by molar-refractivity contribution is -0.276. The van der Waals surface area contributed by atoms with Gasteiger partial charge in [-0.25, -0.2) is 14.0 Å². The standard InChI is InChI=1S/C21H20F4O3.C21H21F3O3/c1-13-2-4-14(5-3-13)15-6-8-16(9-7-15)20(26)27-17-10-11-19(18(22)12-17)28-21(23,24)25;1-14-2-4-15(5-3-14)16-6-8-17(9-7-16)20(25)26-18-10-12-19(13-11-18)27-21(22,23)24/h6-14H,2-5H2,1H3;6-15H,2-5H2,1H3. The van der Waals surface area contributed by atoms with Gasteiger partial charge in [-0.05, 0) is 121 Å². The van der Waals surface area contributed by atoms with Gasteiger partial charge < -0.3 is 18.9 Å². The topological polar surface area (TPSA) is 71.1 Å². The van der Waals surface area contributed by atoms with Crippen molar-refractivity contribution in [1.29, 1.82) is 0 Å². The first-order valence-corrected chi connectivity index (χ1v) is 18.1. The lowest BCUT2D eigenvalue weighted by Gasteiger charge is -2.26. The molecular weight excluding hydrogens is 733 g/mol. The van der Waals surface area contributed by atoms with Gasteiger partial charge in [-0.15, -0.1) is 26.3 Å². The minimum Gasteiger partial charge on any atom is -0.423 e. The highest BCUT2D eigenvalue weighted by atomic mass is 19.4. The highest BCUT2D eigenvalue weighted by molar-refractivity contribution is 5.91. The summed E-state index contributed by atoms with van der Waals surface area (Å²) in [6.07, 6.45) is -0.359. The quantitative estimate of drug-likeness (QED) is 0.101. The van der Waals surface area contributed by atoms with E-state index in [1.165, 1.54) is 48.9 Å². The molecule has 0 bridgehead atoms. The third-order valence-corrected chi connectivity index (χ3v) is 9.87. The Morgan fingerprint density at radius 1 is 0.509 bits per heavy atom. The van der Waals surface area contributed by atoms with E-state index in [4.69, 9.17) is 9.47 Å². The summed E-state index contributed by atoms with van der Waals surface area (Å²) >= 11 is 0. The second kappa shape index (κ2) is 18.0. The van der Waals surface area contributed by atoms with Gasteiger partial charge in [0.1, 0.15) is 17.2 Å². The van der Waals surface area contributed by atoms with Gasteiger partial charge >= 0.3 is 24.7 Å². The molecule has 0 radical (unpaired) electrons. The molecule has 0 aliphatic heterocycles. The number of esters is 2. The van der Waals surface area contributed by atoms with Crippen molar-refractivity contribution in [3.63, 3.8) is 0 Å². The first kappa shape index (κ1) is 41.1. The molecule has 2 aliphatic rings. The van der Waals surface area contributed by atoms with Crippen LogP contribution in [0.25, 0.3) is 0 Å². The van der Waals surface area contributed by atoms with Gasteiger partial charge in [-0.1, -0.05) is 63.8 Å². The van der Waals surface area contributed by atoms with Crippen LogP contribution in [0.2, 0.25) is 0 Å². The van der Waals surface area contributed by atoms with Gasteiger partial charge in [-0.2, -0.15) is 0 Å². The number of hydrogen-bond acceptors (Lipinski definition) is 6. The fourth-order valence-electron chi connectivity index (χ4n) is 6.76. The summed E-state index contributed by atoms with van der Waals surface area (Å²) in [4.78, 5) is 24.4. The van der Waals surface area contributed by atoms with Crippen molar-refractivity contribution < 1.29 is 59.3 Å². The largest absolute Gasteiger partial charge is 0.573 e. The summed E-state index contributed by atoms with van der Waals surface area (Å²) in [6.45, 7) is 4.52. The van der Waals surface area contributed by atoms with Gasteiger partial charge in [0.05, 0.1) is 11.1 Å². The summed E-state index contributed by atoms with van der Waals surface area (Å²) in [6, 6.07) is 21.6. The van der Waals surface area contributed by atoms with Crippen LogP contribution in [0.15, 0.2) is 91.0 Å². The smallest absolute Gasteiger partial charge is 0.423 e. The Hall–Kier alpha value is -5.07. The molecular formula is C42H41F7O6. The number of alkyl halides is 6. The summed E-state index contributed by atoms with van der Waals surface area (Å²) in [5.41, 5.74) is 3.08. The second-order valence-electron chi connectivity index (χ2n) is 14.1. The van der Waals surface area contributed by atoms with Crippen LogP contribution in [-0.4, -0.2) is 24.7 Å². The predicted molar refractivity (Wildman–Crippen MR) is 190 cm³/mol. The second-order valence-corrected chi connectivity index (χ2v) is 14.1. The highest BCUT2D eigenvalue weighted by Crippen LogP contribution is 2.37. The number of carbonyl (C=O) groups is 2. The van der Waals surface area contributed by atoms with Crippen LogP contribution in [0.5, 0.6) is 23.0 Å². The van der Waals surface area contributed by atoms with Crippen molar-refractivity contribution in [2.75, 3.05) is 0 Å². The maximum Gasteiger partial charge on any atom is 0.573 e. The number of benzene rings is 4. The fourth-order valence-corrected chi connectivity index (χ4v) is 6.76. The molecule has 4 aromatic carbocycles. The van der Waals surface area contributed by atoms with Crippen LogP contribution in [-0.2, 0) is 0 Å². The minimum absolute atomic E-state index is 0.153. The van der Waals surface area contributed by atoms with Crippen molar-refractivity contribution >= 4 is 11.9 Å². The molecule has 2 fully saturated rings. The Morgan fingerprint density at radius 2 is 0.891 bits per heavy atom. The Balaban J connectivity index is 0.000000211. The molecule has 4 aromatic rings. The molecule has 0 spiro atoms. The van der Waals surface area contributed by atoms with Crippen LogP contribution in [0, 0.1) is 17.7 Å². The molecule has 294 valence electrons. The number of halogens is 7. The molecule has 13 heteroatoms. The van der Waals surface area contributed by atoms with Gasteiger partial charge in [0.25, 0.3) is 0 Å². The van der Waals surface area contributed by atoms with Crippen LogP contribution in [0.1, 0.15) is 109 Å². The first-order chi connectivity index (χ1) is 26.0. The van der Waals surface area contributed by atoms with Crippen molar-refractivity contribution in [1.82, 2.24) is 0 Å². The molecule has 0 saturated heterocycles. The van der Waals surface area contributed by atoms with Crippen molar-refractivity contribution in [3.05, 3.63) is 119 Å². The van der Waals surface area contributed by atoms with Crippen LogP contribution < -0.4 is 18.9 Å². The molecule has 0 aromatic heterocycles. The van der Waals surface area contributed by atoms with E-state index in [1.807, 2.05) is 24.3 Å². The van der Waals surface area contributed by atoms with Gasteiger partial charge in [-0.3, -0.25) is 0 Å². The first-order valence-electron chi connectivity index (χ1n) is 18.1. The maximum absolute atomic E-state index is 13.7. The lowest BCUT2D eigenvalue weighted by atomic mass is 9.79. The lowest BCUT2D eigenvalue weighted by Crippen LogP contribution is -2.18. The molecule has 0 N–H and O–H groups in total. The van der Waals surface area contributed by atoms with Gasteiger partial charge in [0.2, 0.25) is 0 Å². The van der Waals surface area contributed by atoms with Crippen LogP contribution in [0.3, 0.4) is 0 Å². The highest BCUT2D eigenvalue weighted by Gasteiger charge is 2.33. The van der Waals surface area contributed by atoms with E-state index in [1.54, 1.807) is 24.3 Å². The zero-order valence-corrected chi connectivity index (χ0v) is 30.2. The third kappa shape index (κ3) is 12.8. The zero-order chi connectivity index (χ0) is 39.8. The molecule has 0 heterocycles. The zero-order valence-electron chi connectivity index (χ0n) is 30.2. The van der Waals surface area contributed by atoms with E-state index in [2.05, 4.69) is 23.3 Å². The van der Waals surface area contributed by atoms with E-state index in [9.17, 15) is 40.3 Å². The van der Waals surface area contributed by atoms with E-state index < -0.39 is 36.2 Å². The Kier molecular flexibility index (Phi) is 13.5. The van der Waals surface area contributed by atoms with Gasteiger partial charge in [0.15, 0.2) is 11.6 Å². The molecule has 2 saturated carbocycles. The molecule has 6 nitrogen and oxygen atoms in total. The molecule has 55 heavy (non-hydrogen) atoms. The van der Waals surface area contributed by atoms with Crippen LogP contribution in [0.4, 0.5) is 30.7 Å². The van der Waals surface area contributed by atoms with Gasteiger partial charge in [0, 0.05) is 6.07 Å². The molecule has 6 rings (SSSR count). The normalized spacial score (nSPS) is 20.0. The van der Waals surface area contributed by atoms with Crippen molar-refractivity contribution in [2.24, 2.45) is 11.8 Å². The average Bonchev–Trinajstić information content (AvgIpc) is 3.13. The third-order valence-electron chi connectivity index (χ3n) is 9.87. The number of hydrogen-bond donors (Lipinski definition) is 0. The molecule has 0 atom stereocenters. The minimum atomic E-state index is -5.00. The monoisotopic (exact) mass is 774 g/mol. The Bertz CT molecular complexity index is 1860. The SMILES string of the molecule is CC1CCC(c2ccc(C(=O)Oc3ccc(OC(F)(F)F)c(F)c3)cc2)CC1.CC1CCC(c2ccc(C(=O)Oc3ccc(OC(F)(F)F)cc3)cc2)CC1. The average molecular weight is 775 g/mol. The summed E-state index contributed by atoms with van der Waals surface area (Å²) in [7, 11) is 0. The Labute approximate surface area is 314 Å². The Morgan fingerprint density at radius 3 is 1.29 bits per heavy atom. The molecule has 2 aliphatic carbocycles. The number of carbonyl (C=O) groups excluding carboxylic acids is 2. The van der Waals surface area contributed by atoms with Crippen LogP contribution >= 0.6 is 0 Å². The summed E-state index contributed by atoms with van der Waals surface area (Å²) in [5.74, 6) is -1.40. The molecule has 0 amide bonds. The predicted octanol–water partition coefficient (Wildman–Crippen LogP) is 12.3. The van der Waals surface area contributed by atoms with Crippen molar-refractivity contribution in [3.8, 4) is 23.0 Å². The fraction of sp³-hybridized carbons (Fsp3) is 0.381. The summed E-state index contributed by atoms with van der Waals surface area (Å²) in [5, 5.41) is 0.